The van der Waals surface area contributed by atoms with Crippen molar-refractivity contribution in [1.29, 1.82) is 0 Å². The first kappa shape index (κ1) is 20.9. The summed E-state index contributed by atoms with van der Waals surface area (Å²) in [6.45, 7) is 8.08. The van der Waals surface area contributed by atoms with Crippen LogP contribution in [-0.2, 0) is 9.53 Å². The number of carbonyl (C=O) groups excluding carboxylic acids is 2. The molecule has 3 aliphatic carbocycles. The van der Waals surface area contributed by atoms with Crippen LogP contribution in [0.1, 0.15) is 56.0 Å². The maximum atomic E-state index is 12.9. The molecule has 1 aromatic rings. The number of phenolic OH excluding ortho intramolecular Hbond substituents is 1. The van der Waals surface area contributed by atoms with E-state index in [2.05, 4.69) is 20.8 Å². The molecule has 0 radical (unpaired) electrons. The SMILES string of the molecule is COc1cc(C)c(C(=O)O[C@@H]2C[C@@]3(C)[C@@H]2C(C=O)=C[C@]2(O)CC(C)(C)C[C@H]32)c(O)c1. The number of fused-ring (bicyclic) bond motifs is 3. The molecule has 0 spiro atoms. The Balaban J connectivity index is 1.61. The Morgan fingerprint density at radius 2 is 1.93 bits per heavy atom. The van der Waals surface area contributed by atoms with E-state index in [1.807, 2.05) is 0 Å². The first-order chi connectivity index (χ1) is 13.9. The van der Waals surface area contributed by atoms with Gasteiger partial charge in [0.05, 0.1) is 12.7 Å². The molecular weight excluding hydrogens is 384 g/mol. The van der Waals surface area contributed by atoms with Crippen molar-refractivity contribution in [2.45, 2.75) is 58.7 Å². The first-order valence-corrected chi connectivity index (χ1v) is 10.4. The number of esters is 1. The summed E-state index contributed by atoms with van der Waals surface area (Å²) in [5.41, 5.74) is -0.153. The smallest absolute Gasteiger partial charge is 0.342 e. The highest BCUT2D eigenvalue weighted by molar-refractivity contribution is 5.94. The van der Waals surface area contributed by atoms with E-state index in [0.29, 0.717) is 29.7 Å². The zero-order valence-electron chi connectivity index (χ0n) is 18.2. The molecule has 0 heterocycles. The number of methoxy groups -OCH3 is 1. The molecule has 162 valence electrons. The van der Waals surface area contributed by atoms with Crippen LogP contribution in [0, 0.1) is 29.6 Å². The lowest BCUT2D eigenvalue weighted by Gasteiger charge is -2.60. The van der Waals surface area contributed by atoms with Gasteiger partial charge in [0, 0.05) is 12.0 Å². The second-order valence-corrected chi connectivity index (χ2v) is 10.3. The van der Waals surface area contributed by atoms with Crippen LogP contribution in [0.5, 0.6) is 11.5 Å². The number of ether oxygens (including phenoxy) is 2. The summed E-state index contributed by atoms with van der Waals surface area (Å²) < 4.78 is 10.9. The summed E-state index contributed by atoms with van der Waals surface area (Å²) in [6.07, 6.45) is 4.09. The van der Waals surface area contributed by atoms with Crippen LogP contribution >= 0.6 is 0 Å². The minimum absolute atomic E-state index is 0.0137. The number of aromatic hydroxyl groups is 1. The van der Waals surface area contributed by atoms with Crippen molar-refractivity contribution in [3.8, 4) is 11.5 Å². The Kier molecular flexibility index (Phi) is 4.59. The monoisotopic (exact) mass is 414 g/mol. The van der Waals surface area contributed by atoms with Crippen LogP contribution in [-0.4, -0.2) is 41.3 Å². The molecule has 6 heteroatoms. The third-order valence-corrected chi connectivity index (χ3v) is 7.54. The lowest BCUT2D eigenvalue weighted by Crippen LogP contribution is -2.62. The number of hydrogen-bond acceptors (Lipinski definition) is 6. The molecule has 0 aliphatic heterocycles. The lowest BCUT2D eigenvalue weighted by molar-refractivity contribution is -0.163. The summed E-state index contributed by atoms with van der Waals surface area (Å²) in [7, 11) is 1.49. The third kappa shape index (κ3) is 2.96. The Hall–Kier alpha value is -2.34. The van der Waals surface area contributed by atoms with Crippen molar-refractivity contribution in [2.75, 3.05) is 7.11 Å². The minimum atomic E-state index is -0.995. The Morgan fingerprint density at radius 1 is 1.23 bits per heavy atom. The minimum Gasteiger partial charge on any atom is -0.507 e. The second kappa shape index (κ2) is 6.58. The number of phenols is 1. The average molecular weight is 414 g/mol. The normalized spacial score (nSPS) is 36.1. The van der Waals surface area contributed by atoms with Crippen molar-refractivity contribution >= 4 is 12.3 Å². The van der Waals surface area contributed by atoms with E-state index >= 15 is 0 Å². The molecule has 30 heavy (non-hydrogen) atoms. The number of rotatable bonds is 4. The summed E-state index contributed by atoms with van der Waals surface area (Å²) in [6, 6.07) is 3.05. The van der Waals surface area contributed by atoms with Gasteiger partial charge in [0.25, 0.3) is 0 Å². The van der Waals surface area contributed by atoms with Crippen LogP contribution in [0.2, 0.25) is 0 Å². The van der Waals surface area contributed by atoms with Crippen LogP contribution in [0.3, 0.4) is 0 Å². The third-order valence-electron chi connectivity index (χ3n) is 7.54. The maximum absolute atomic E-state index is 12.9. The molecule has 2 saturated carbocycles. The molecule has 1 aromatic carbocycles. The van der Waals surface area contributed by atoms with Gasteiger partial charge in [-0.15, -0.1) is 0 Å². The Bertz CT molecular complexity index is 924. The van der Waals surface area contributed by atoms with Gasteiger partial charge < -0.3 is 19.7 Å². The quantitative estimate of drug-likeness (QED) is 0.578. The van der Waals surface area contributed by atoms with Gasteiger partial charge >= 0.3 is 5.97 Å². The molecule has 0 unspecified atom stereocenters. The van der Waals surface area contributed by atoms with E-state index in [0.717, 1.165) is 12.7 Å². The predicted octanol–water partition coefficient (Wildman–Crippen LogP) is 3.57. The number of carbonyl (C=O) groups is 2. The molecular formula is C24H30O6. The number of aldehydes is 1. The number of aryl methyl sites for hydroxylation is 1. The van der Waals surface area contributed by atoms with Crippen LogP contribution in [0.4, 0.5) is 0 Å². The lowest BCUT2D eigenvalue weighted by atomic mass is 9.46. The fraction of sp³-hybridized carbons (Fsp3) is 0.583. The molecule has 2 N–H and O–H groups in total. The highest BCUT2D eigenvalue weighted by Gasteiger charge is 2.68. The van der Waals surface area contributed by atoms with E-state index < -0.39 is 17.7 Å². The summed E-state index contributed by atoms with van der Waals surface area (Å²) in [5, 5.41) is 21.6. The number of benzene rings is 1. The van der Waals surface area contributed by atoms with Crippen molar-refractivity contribution in [3.63, 3.8) is 0 Å². The zero-order valence-corrected chi connectivity index (χ0v) is 18.2. The highest BCUT2D eigenvalue weighted by atomic mass is 16.5. The average Bonchev–Trinajstić information content (AvgIpc) is 2.88. The first-order valence-electron chi connectivity index (χ1n) is 10.4. The Morgan fingerprint density at radius 3 is 2.53 bits per heavy atom. The standard InChI is InChI=1S/C24H30O6/c1-13-6-15(29-5)7-16(26)19(13)21(27)30-17-9-23(4)18-10-22(2,3)12-24(18,28)8-14(11-25)20(17)23/h6-8,11,17-18,20,26,28H,9-10,12H2,1-5H3/t17-,18-,20-,23-,24+/m1/s1. The topological polar surface area (TPSA) is 93.1 Å². The molecule has 6 nitrogen and oxygen atoms in total. The second-order valence-electron chi connectivity index (χ2n) is 10.3. The summed E-state index contributed by atoms with van der Waals surface area (Å²) >= 11 is 0. The maximum Gasteiger partial charge on any atom is 0.342 e. The molecule has 5 atom stereocenters. The molecule has 0 aromatic heterocycles. The molecule has 0 bridgehead atoms. The highest BCUT2D eigenvalue weighted by Crippen LogP contribution is 2.68. The van der Waals surface area contributed by atoms with E-state index in [9.17, 15) is 19.8 Å². The predicted molar refractivity (Wildman–Crippen MR) is 110 cm³/mol. The van der Waals surface area contributed by atoms with Gasteiger partial charge in [-0.2, -0.15) is 0 Å². The number of hydrogen-bond donors (Lipinski definition) is 2. The molecule has 0 amide bonds. The molecule has 0 saturated heterocycles. The van der Waals surface area contributed by atoms with Gasteiger partial charge in [-0.3, -0.25) is 4.79 Å². The van der Waals surface area contributed by atoms with Gasteiger partial charge in [0.15, 0.2) is 0 Å². The zero-order chi connectivity index (χ0) is 22.1. The van der Waals surface area contributed by atoms with Crippen LogP contribution < -0.4 is 4.74 Å². The van der Waals surface area contributed by atoms with Crippen molar-refractivity contribution in [3.05, 3.63) is 34.9 Å². The van der Waals surface area contributed by atoms with Crippen molar-refractivity contribution in [2.24, 2.45) is 22.7 Å². The van der Waals surface area contributed by atoms with Gasteiger partial charge in [-0.1, -0.05) is 20.8 Å². The van der Waals surface area contributed by atoms with E-state index in [4.69, 9.17) is 9.47 Å². The van der Waals surface area contributed by atoms with E-state index in [-0.39, 0.29) is 34.0 Å². The summed E-state index contributed by atoms with van der Waals surface area (Å²) in [5.74, 6) is -0.587. The van der Waals surface area contributed by atoms with Gasteiger partial charge in [-0.25, -0.2) is 4.79 Å². The summed E-state index contributed by atoms with van der Waals surface area (Å²) in [4.78, 5) is 24.8. The molecule has 2 fully saturated rings. The van der Waals surface area contributed by atoms with Crippen molar-refractivity contribution in [1.82, 2.24) is 0 Å². The van der Waals surface area contributed by atoms with Gasteiger partial charge in [0.2, 0.25) is 0 Å². The van der Waals surface area contributed by atoms with Crippen LogP contribution in [0.15, 0.2) is 23.8 Å². The van der Waals surface area contributed by atoms with Gasteiger partial charge in [-0.05, 0) is 66.2 Å². The molecule has 3 aliphatic rings. The largest absolute Gasteiger partial charge is 0.507 e. The fourth-order valence-electron chi connectivity index (χ4n) is 6.46. The van der Waals surface area contributed by atoms with E-state index in [1.54, 1.807) is 19.1 Å². The van der Waals surface area contributed by atoms with Crippen molar-refractivity contribution < 1.29 is 29.3 Å². The van der Waals surface area contributed by atoms with E-state index in [1.165, 1.54) is 13.2 Å². The molecule has 4 rings (SSSR count). The van der Waals surface area contributed by atoms with Crippen LogP contribution in [0.25, 0.3) is 0 Å². The Labute approximate surface area is 176 Å². The number of aliphatic hydroxyl groups is 1. The fourth-order valence-corrected chi connectivity index (χ4v) is 6.46. The van der Waals surface area contributed by atoms with Gasteiger partial charge in [0.1, 0.15) is 29.5 Å².